The minimum absolute atomic E-state index is 0.147. The standard InChI is InChI=1S/C18H23N3/c1-2-21-17(15-13-20-12-9-16(15)19)18(10-6-11-18)14-7-4-3-5-8-14/h3-5,7-9,12-13,17,21H,2,6,10-11H2,1H3,(H2,19,20). The fourth-order valence-corrected chi connectivity index (χ4v) is 3.54. The van der Waals surface area contributed by atoms with Crippen LogP contribution in [0.3, 0.4) is 0 Å². The number of nitrogen functional groups attached to an aromatic ring is 1. The molecule has 3 heteroatoms. The van der Waals surface area contributed by atoms with Gasteiger partial charge in [-0.2, -0.15) is 0 Å². The number of pyridine rings is 1. The average Bonchev–Trinajstić information content (AvgIpc) is 2.47. The molecule has 2 aromatic rings. The fraction of sp³-hybridized carbons (Fsp3) is 0.389. The first-order valence-electron chi connectivity index (χ1n) is 7.76. The van der Waals surface area contributed by atoms with E-state index in [1.54, 1.807) is 6.20 Å². The quantitative estimate of drug-likeness (QED) is 0.882. The normalized spacial score (nSPS) is 18.0. The molecule has 1 atom stereocenters. The van der Waals surface area contributed by atoms with Crippen molar-refractivity contribution in [1.82, 2.24) is 10.3 Å². The SMILES string of the molecule is CCNC(c1cnccc1N)C1(c2ccccc2)CCC1. The zero-order valence-electron chi connectivity index (χ0n) is 12.5. The van der Waals surface area contributed by atoms with Gasteiger partial charge < -0.3 is 11.1 Å². The summed E-state index contributed by atoms with van der Waals surface area (Å²) in [4.78, 5) is 4.29. The second-order valence-electron chi connectivity index (χ2n) is 5.87. The number of nitrogens with one attached hydrogen (secondary N) is 1. The highest BCUT2D eigenvalue weighted by Gasteiger charge is 2.46. The van der Waals surface area contributed by atoms with Crippen molar-refractivity contribution in [3.05, 3.63) is 59.9 Å². The molecule has 1 aliphatic carbocycles. The Labute approximate surface area is 126 Å². The van der Waals surface area contributed by atoms with Crippen molar-refractivity contribution >= 4 is 5.69 Å². The van der Waals surface area contributed by atoms with Gasteiger partial charge in [-0.05, 0) is 31.0 Å². The monoisotopic (exact) mass is 281 g/mol. The second-order valence-corrected chi connectivity index (χ2v) is 5.87. The molecule has 1 heterocycles. The van der Waals surface area contributed by atoms with E-state index in [0.717, 1.165) is 17.8 Å². The number of likely N-dealkylation sites (N-methyl/N-ethyl adjacent to an activating group) is 1. The molecule has 1 fully saturated rings. The second kappa shape index (κ2) is 5.86. The first-order valence-corrected chi connectivity index (χ1v) is 7.76. The van der Waals surface area contributed by atoms with Gasteiger partial charge in [0, 0.05) is 35.1 Å². The minimum Gasteiger partial charge on any atom is -0.398 e. The first-order chi connectivity index (χ1) is 10.3. The van der Waals surface area contributed by atoms with Crippen molar-refractivity contribution in [2.75, 3.05) is 12.3 Å². The summed E-state index contributed by atoms with van der Waals surface area (Å²) in [6.07, 6.45) is 7.35. The molecule has 0 aliphatic heterocycles. The predicted molar refractivity (Wildman–Crippen MR) is 87.0 cm³/mol. The molecular formula is C18H23N3. The zero-order chi connectivity index (χ0) is 14.7. The Balaban J connectivity index is 2.05. The van der Waals surface area contributed by atoms with E-state index in [-0.39, 0.29) is 11.5 Å². The van der Waals surface area contributed by atoms with Gasteiger partial charge >= 0.3 is 0 Å². The number of hydrogen-bond acceptors (Lipinski definition) is 3. The summed E-state index contributed by atoms with van der Waals surface area (Å²) in [5, 5.41) is 3.66. The van der Waals surface area contributed by atoms with Gasteiger partial charge in [-0.25, -0.2) is 0 Å². The molecule has 3 rings (SSSR count). The van der Waals surface area contributed by atoms with Crippen LogP contribution in [0.1, 0.15) is 43.4 Å². The highest BCUT2D eigenvalue weighted by Crippen LogP contribution is 2.52. The molecule has 1 aromatic carbocycles. The van der Waals surface area contributed by atoms with E-state index in [1.807, 2.05) is 12.3 Å². The maximum absolute atomic E-state index is 6.23. The number of anilines is 1. The van der Waals surface area contributed by atoms with Gasteiger partial charge in [0.15, 0.2) is 0 Å². The van der Waals surface area contributed by atoms with E-state index < -0.39 is 0 Å². The summed E-state index contributed by atoms with van der Waals surface area (Å²) in [5.41, 5.74) is 9.74. The van der Waals surface area contributed by atoms with Gasteiger partial charge in [-0.1, -0.05) is 43.7 Å². The van der Waals surface area contributed by atoms with Crippen LogP contribution in [0.25, 0.3) is 0 Å². The van der Waals surface area contributed by atoms with Crippen LogP contribution >= 0.6 is 0 Å². The molecule has 0 spiro atoms. The van der Waals surface area contributed by atoms with Crippen molar-refractivity contribution < 1.29 is 0 Å². The maximum Gasteiger partial charge on any atom is 0.0454 e. The molecule has 110 valence electrons. The summed E-state index contributed by atoms with van der Waals surface area (Å²) in [6, 6.07) is 13.0. The molecule has 1 saturated carbocycles. The lowest BCUT2D eigenvalue weighted by Crippen LogP contribution is -2.47. The van der Waals surface area contributed by atoms with Gasteiger partial charge in [0.05, 0.1) is 0 Å². The van der Waals surface area contributed by atoms with Gasteiger partial charge in [0.1, 0.15) is 0 Å². The third kappa shape index (κ3) is 2.42. The van der Waals surface area contributed by atoms with Crippen molar-refractivity contribution in [1.29, 1.82) is 0 Å². The molecule has 0 saturated heterocycles. The van der Waals surface area contributed by atoms with E-state index in [0.29, 0.717) is 0 Å². The summed E-state index contributed by atoms with van der Waals surface area (Å²) in [7, 11) is 0. The Bertz CT molecular complexity index is 590. The fourth-order valence-electron chi connectivity index (χ4n) is 3.54. The molecule has 3 nitrogen and oxygen atoms in total. The zero-order valence-corrected chi connectivity index (χ0v) is 12.5. The molecular weight excluding hydrogens is 258 g/mol. The van der Waals surface area contributed by atoms with Crippen LogP contribution in [-0.4, -0.2) is 11.5 Å². The third-order valence-electron chi connectivity index (χ3n) is 4.75. The number of benzene rings is 1. The Kier molecular flexibility index (Phi) is 3.93. The Morgan fingerprint density at radius 1 is 1.24 bits per heavy atom. The van der Waals surface area contributed by atoms with E-state index in [4.69, 9.17) is 5.73 Å². The number of nitrogens with zero attached hydrogens (tertiary/aromatic N) is 1. The van der Waals surface area contributed by atoms with Crippen LogP contribution in [0, 0.1) is 0 Å². The van der Waals surface area contributed by atoms with E-state index in [9.17, 15) is 0 Å². The summed E-state index contributed by atoms with van der Waals surface area (Å²) in [5.74, 6) is 0. The molecule has 1 unspecified atom stereocenters. The van der Waals surface area contributed by atoms with Crippen molar-refractivity contribution in [3.8, 4) is 0 Å². The topological polar surface area (TPSA) is 50.9 Å². The molecule has 0 radical (unpaired) electrons. The Hall–Kier alpha value is -1.87. The highest BCUT2D eigenvalue weighted by atomic mass is 14.9. The summed E-state index contributed by atoms with van der Waals surface area (Å²) in [6.45, 7) is 3.07. The summed E-state index contributed by atoms with van der Waals surface area (Å²) >= 11 is 0. The number of nitrogens with two attached hydrogens (primary N) is 1. The van der Waals surface area contributed by atoms with Gasteiger partial charge in [-0.3, -0.25) is 4.98 Å². The molecule has 1 aliphatic rings. The first kappa shape index (κ1) is 14.1. The Morgan fingerprint density at radius 3 is 2.57 bits per heavy atom. The lowest BCUT2D eigenvalue weighted by atomic mass is 9.58. The van der Waals surface area contributed by atoms with Crippen molar-refractivity contribution in [3.63, 3.8) is 0 Å². The van der Waals surface area contributed by atoms with Crippen LogP contribution in [0.2, 0.25) is 0 Å². The lowest BCUT2D eigenvalue weighted by molar-refractivity contribution is 0.171. The molecule has 1 aromatic heterocycles. The minimum atomic E-state index is 0.147. The molecule has 0 amide bonds. The highest BCUT2D eigenvalue weighted by molar-refractivity contribution is 5.49. The van der Waals surface area contributed by atoms with Crippen LogP contribution in [0.5, 0.6) is 0 Å². The van der Waals surface area contributed by atoms with Crippen molar-refractivity contribution in [2.24, 2.45) is 0 Å². The number of hydrogen-bond donors (Lipinski definition) is 2. The number of aromatic nitrogens is 1. The predicted octanol–water partition coefficient (Wildman–Crippen LogP) is 3.44. The van der Waals surface area contributed by atoms with Crippen LogP contribution in [0.4, 0.5) is 5.69 Å². The van der Waals surface area contributed by atoms with Crippen LogP contribution < -0.4 is 11.1 Å². The smallest absolute Gasteiger partial charge is 0.0454 e. The maximum atomic E-state index is 6.23. The van der Waals surface area contributed by atoms with Gasteiger partial charge in [0.2, 0.25) is 0 Å². The molecule has 3 N–H and O–H groups in total. The van der Waals surface area contributed by atoms with E-state index in [1.165, 1.54) is 24.8 Å². The third-order valence-corrected chi connectivity index (χ3v) is 4.75. The average molecular weight is 281 g/mol. The lowest BCUT2D eigenvalue weighted by Gasteiger charge is -2.49. The van der Waals surface area contributed by atoms with Crippen LogP contribution in [0.15, 0.2) is 48.8 Å². The van der Waals surface area contributed by atoms with Gasteiger partial charge in [0.25, 0.3) is 0 Å². The largest absolute Gasteiger partial charge is 0.398 e. The molecule has 0 bridgehead atoms. The van der Waals surface area contributed by atoms with Crippen LogP contribution in [-0.2, 0) is 5.41 Å². The Morgan fingerprint density at radius 2 is 2.00 bits per heavy atom. The van der Waals surface area contributed by atoms with Crippen molar-refractivity contribution in [2.45, 2.75) is 37.6 Å². The van der Waals surface area contributed by atoms with E-state index >= 15 is 0 Å². The molecule has 21 heavy (non-hydrogen) atoms. The van der Waals surface area contributed by atoms with Gasteiger partial charge in [-0.15, -0.1) is 0 Å². The van der Waals surface area contributed by atoms with E-state index in [2.05, 4.69) is 47.6 Å². The summed E-state index contributed by atoms with van der Waals surface area (Å²) < 4.78 is 0. The number of rotatable bonds is 5.